The molecule has 1 heterocycles. The number of hydrogen-bond donors (Lipinski definition) is 0. The second kappa shape index (κ2) is 8.52. The van der Waals surface area contributed by atoms with Gasteiger partial charge < -0.3 is 9.47 Å². The average Bonchev–Trinajstić information content (AvgIpc) is 3.03. The van der Waals surface area contributed by atoms with E-state index in [0.29, 0.717) is 18.2 Å². The summed E-state index contributed by atoms with van der Waals surface area (Å²) in [6.07, 6.45) is 6.29. The van der Waals surface area contributed by atoms with Crippen molar-refractivity contribution in [3.05, 3.63) is 36.2 Å². The van der Waals surface area contributed by atoms with Crippen molar-refractivity contribution in [3.63, 3.8) is 0 Å². The molecule has 0 saturated heterocycles. The predicted molar refractivity (Wildman–Crippen MR) is 102 cm³/mol. The van der Waals surface area contributed by atoms with E-state index in [1.807, 2.05) is 49.2 Å². The number of anilines is 1. The van der Waals surface area contributed by atoms with Crippen LogP contribution in [0.1, 0.15) is 50.8 Å². The molecule has 0 radical (unpaired) electrons. The van der Waals surface area contributed by atoms with E-state index in [0.717, 1.165) is 16.7 Å². The van der Waals surface area contributed by atoms with Crippen molar-refractivity contribution in [2.45, 2.75) is 50.1 Å². The summed E-state index contributed by atoms with van der Waals surface area (Å²) < 4.78 is 2.08. The highest BCUT2D eigenvalue weighted by Gasteiger charge is 2.22. The van der Waals surface area contributed by atoms with Crippen molar-refractivity contribution in [1.82, 2.24) is 14.8 Å². The lowest BCUT2D eigenvalue weighted by atomic mass is 9.89. The zero-order valence-corrected chi connectivity index (χ0v) is 15.8. The predicted octanol–water partition coefficient (Wildman–Crippen LogP) is 4.01. The first-order valence-corrected chi connectivity index (χ1v) is 10.1. The highest BCUT2D eigenvalue weighted by molar-refractivity contribution is 7.99. The normalized spacial score (nSPS) is 15.3. The van der Waals surface area contributed by atoms with Crippen LogP contribution in [0.15, 0.2) is 35.5 Å². The Kier molecular flexibility index (Phi) is 6.13. The molecule has 1 fully saturated rings. The van der Waals surface area contributed by atoms with Gasteiger partial charge in [-0.2, -0.15) is 0 Å². The van der Waals surface area contributed by atoms with E-state index in [1.54, 1.807) is 0 Å². The SMILES string of the molecule is CCN(C(=O)CSc1nnc(C2CCCCC2)n1C)c1ccccc1. The number of carbonyl (C=O) groups excluding carboxylic acids is 1. The zero-order chi connectivity index (χ0) is 17.6. The number of aromatic nitrogens is 3. The Balaban J connectivity index is 1.63. The molecule has 2 aromatic rings. The van der Waals surface area contributed by atoms with Crippen LogP contribution in [0.3, 0.4) is 0 Å². The molecule has 1 aromatic carbocycles. The minimum absolute atomic E-state index is 0.0981. The summed E-state index contributed by atoms with van der Waals surface area (Å²) >= 11 is 1.48. The smallest absolute Gasteiger partial charge is 0.237 e. The summed E-state index contributed by atoms with van der Waals surface area (Å²) in [5, 5.41) is 9.57. The van der Waals surface area contributed by atoms with Crippen molar-refractivity contribution in [3.8, 4) is 0 Å². The van der Waals surface area contributed by atoms with Gasteiger partial charge >= 0.3 is 0 Å². The maximum atomic E-state index is 12.6. The standard InChI is InChI=1S/C19H26N4OS/c1-3-23(16-12-8-5-9-13-16)17(24)14-25-19-21-20-18(22(19)2)15-10-6-4-7-11-15/h5,8-9,12-13,15H,3-4,6-7,10-11,14H2,1-2H3. The van der Waals surface area contributed by atoms with Gasteiger partial charge in [0, 0.05) is 25.2 Å². The summed E-state index contributed by atoms with van der Waals surface area (Å²) in [6.45, 7) is 2.66. The third-order valence-corrected chi connectivity index (χ3v) is 5.85. The van der Waals surface area contributed by atoms with Gasteiger partial charge in [0.1, 0.15) is 5.82 Å². The molecule has 6 heteroatoms. The molecule has 1 aliphatic carbocycles. The number of para-hydroxylation sites is 1. The highest BCUT2D eigenvalue weighted by Crippen LogP contribution is 2.32. The van der Waals surface area contributed by atoms with E-state index < -0.39 is 0 Å². The van der Waals surface area contributed by atoms with Crippen molar-refractivity contribution < 1.29 is 4.79 Å². The minimum Gasteiger partial charge on any atom is -0.312 e. The molecule has 3 rings (SSSR count). The van der Waals surface area contributed by atoms with Gasteiger partial charge in [0.05, 0.1) is 5.75 Å². The van der Waals surface area contributed by atoms with E-state index in [4.69, 9.17) is 0 Å². The number of amides is 1. The fraction of sp³-hybridized carbons (Fsp3) is 0.526. The van der Waals surface area contributed by atoms with Crippen LogP contribution in [0.4, 0.5) is 5.69 Å². The molecule has 25 heavy (non-hydrogen) atoms. The van der Waals surface area contributed by atoms with Gasteiger partial charge in [-0.3, -0.25) is 4.79 Å². The Morgan fingerprint density at radius 3 is 2.60 bits per heavy atom. The third-order valence-electron chi connectivity index (χ3n) is 4.85. The Bertz CT molecular complexity index is 695. The van der Waals surface area contributed by atoms with Crippen LogP contribution in [-0.2, 0) is 11.8 Å². The Morgan fingerprint density at radius 2 is 1.92 bits per heavy atom. The molecule has 0 aliphatic heterocycles. The molecule has 1 saturated carbocycles. The summed E-state index contributed by atoms with van der Waals surface area (Å²) in [4.78, 5) is 14.4. The summed E-state index contributed by atoms with van der Waals surface area (Å²) in [5.41, 5.74) is 0.941. The molecule has 0 bridgehead atoms. The monoisotopic (exact) mass is 358 g/mol. The number of nitrogens with zero attached hydrogens (tertiary/aromatic N) is 4. The van der Waals surface area contributed by atoms with Gasteiger partial charge in [0.15, 0.2) is 5.16 Å². The molecule has 134 valence electrons. The summed E-state index contributed by atoms with van der Waals surface area (Å²) in [5.74, 6) is 2.07. The van der Waals surface area contributed by atoms with E-state index in [1.165, 1.54) is 43.9 Å². The van der Waals surface area contributed by atoms with Crippen LogP contribution in [0, 0.1) is 0 Å². The Hall–Kier alpha value is -1.82. The second-order valence-electron chi connectivity index (χ2n) is 6.50. The molecular formula is C19H26N4OS. The zero-order valence-electron chi connectivity index (χ0n) is 15.0. The quantitative estimate of drug-likeness (QED) is 0.732. The van der Waals surface area contributed by atoms with Crippen molar-refractivity contribution in [2.24, 2.45) is 7.05 Å². The molecule has 0 unspecified atom stereocenters. The number of carbonyl (C=O) groups is 1. The van der Waals surface area contributed by atoms with Crippen molar-refractivity contribution in [1.29, 1.82) is 0 Å². The fourth-order valence-corrected chi connectivity index (χ4v) is 4.28. The Morgan fingerprint density at radius 1 is 1.20 bits per heavy atom. The maximum Gasteiger partial charge on any atom is 0.237 e. The van der Waals surface area contributed by atoms with Crippen LogP contribution in [0.5, 0.6) is 0 Å². The van der Waals surface area contributed by atoms with E-state index in [9.17, 15) is 4.79 Å². The molecule has 0 N–H and O–H groups in total. The first kappa shape index (κ1) is 18.0. The lowest BCUT2D eigenvalue weighted by Crippen LogP contribution is -2.32. The van der Waals surface area contributed by atoms with Crippen LogP contribution in [0.25, 0.3) is 0 Å². The maximum absolute atomic E-state index is 12.6. The average molecular weight is 359 g/mol. The molecule has 1 aliphatic rings. The first-order valence-electron chi connectivity index (χ1n) is 9.08. The topological polar surface area (TPSA) is 51.0 Å². The van der Waals surface area contributed by atoms with Gasteiger partial charge in [-0.25, -0.2) is 0 Å². The number of benzene rings is 1. The molecule has 0 atom stereocenters. The van der Waals surface area contributed by atoms with Gasteiger partial charge in [-0.05, 0) is 31.9 Å². The minimum atomic E-state index is 0.0981. The fourth-order valence-electron chi connectivity index (χ4n) is 3.48. The van der Waals surface area contributed by atoms with Crippen LogP contribution in [-0.4, -0.2) is 33.0 Å². The highest BCUT2D eigenvalue weighted by atomic mass is 32.2. The second-order valence-corrected chi connectivity index (χ2v) is 7.44. The molecule has 1 amide bonds. The summed E-state index contributed by atoms with van der Waals surface area (Å²) in [6, 6.07) is 9.81. The van der Waals surface area contributed by atoms with Gasteiger partial charge in [-0.1, -0.05) is 49.2 Å². The molecule has 1 aromatic heterocycles. The molecule has 5 nitrogen and oxygen atoms in total. The number of hydrogen-bond acceptors (Lipinski definition) is 4. The molecule has 0 spiro atoms. The number of thioether (sulfide) groups is 1. The van der Waals surface area contributed by atoms with Gasteiger partial charge in [0.25, 0.3) is 0 Å². The van der Waals surface area contributed by atoms with Gasteiger partial charge in [-0.15, -0.1) is 10.2 Å². The van der Waals surface area contributed by atoms with Crippen LogP contribution in [0.2, 0.25) is 0 Å². The van der Waals surface area contributed by atoms with Crippen LogP contribution >= 0.6 is 11.8 Å². The first-order chi connectivity index (χ1) is 12.2. The van der Waals surface area contributed by atoms with Gasteiger partial charge in [0.2, 0.25) is 5.91 Å². The van der Waals surface area contributed by atoms with E-state index in [-0.39, 0.29) is 5.91 Å². The lowest BCUT2D eigenvalue weighted by molar-refractivity contribution is -0.116. The third kappa shape index (κ3) is 4.24. The van der Waals surface area contributed by atoms with Crippen molar-refractivity contribution >= 4 is 23.4 Å². The number of rotatable bonds is 6. The summed E-state index contributed by atoms with van der Waals surface area (Å²) in [7, 11) is 2.02. The largest absolute Gasteiger partial charge is 0.312 e. The van der Waals surface area contributed by atoms with E-state index in [2.05, 4.69) is 14.8 Å². The Labute approximate surface area is 153 Å². The van der Waals surface area contributed by atoms with Crippen LogP contribution < -0.4 is 4.90 Å². The van der Waals surface area contributed by atoms with E-state index >= 15 is 0 Å². The lowest BCUT2D eigenvalue weighted by Gasteiger charge is -2.21. The molecular weight excluding hydrogens is 332 g/mol. The van der Waals surface area contributed by atoms with Crippen molar-refractivity contribution in [2.75, 3.05) is 17.2 Å².